The summed E-state index contributed by atoms with van der Waals surface area (Å²) in [5.74, 6) is 0. The van der Waals surface area contributed by atoms with Crippen molar-refractivity contribution in [2.75, 3.05) is 0 Å². The second-order valence-corrected chi connectivity index (χ2v) is 29.2. The number of unbranched alkanes of at least 4 members (excludes halogenated alkanes) is 8. The summed E-state index contributed by atoms with van der Waals surface area (Å²) >= 11 is 0. The third kappa shape index (κ3) is 12.1. The van der Waals surface area contributed by atoms with Gasteiger partial charge in [0.05, 0.1) is 16.1 Å². The van der Waals surface area contributed by atoms with Gasteiger partial charge in [0, 0.05) is 0 Å². The normalized spacial score (nSPS) is 12.6. The fourth-order valence-electron chi connectivity index (χ4n) is 8.82. The van der Waals surface area contributed by atoms with Crippen molar-refractivity contribution in [2.24, 2.45) is 0 Å². The Balaban J connectivity index is 2.68. The standard InChI is InChI=1S/C44H80Si3/c1-9-17-33-45(34-18-10-2,35-19-11-3)41-25-29-43(30-26-41)47(39-23-15-7,40-24-16-8)44-31-27-42(28-32-44)46(36-20-12-4,37-21-13-5)38-22-14-6/h25-32H,9-24,33-40H2,1-8H3. The molecule has 3 heteroatoms. The summed E-state index contributed by atoms with van der Waals surface area (Å²) in [7, 11) is -4.85. The second-order valence-electron chi connectivity index (χ2n) is 15.6. The van der Waals surface area contributed by atoms with Crippen LogP contribution in [0.4, 0.5) is 0 Å². The number of hydrogen-bond acceptors (Lipinski definition) is 0. The zero-order valence-electron chi connectivity index (χ0n) is 33.1. The molecule has 0 saturated heterocycles. The lowest BCUT2D eigenvalue weighted by atomic mass is 10.3. The minimum absolute atomic E-state index is 1.30. The van der Waals surface area contributed by atoms with Gasteiger partial charge in [0.15, 0.2) is 0 Å². The lowest BCUT2D eigenvalue weighted by Gasteiger charge is -2.37. The molecule has 0 nitrogen and oxygen atoms in total. The molecule has 0 aliphatic rings. The van der Waals surface area contributed by atoms with Gasteiger partial charge >= 0.3 is 0 Å². The molecule has 0 unspecified atom stereocenters. The third-order valence-electron chi connectivity index (χ3n) is 12.1. The first-order chi connectivity index (χ1) is 22.9. The van der Waals surface area contributed by atoms with E-state index in [1.54, 1.807) is 20.7 Å². The van der Waals surface area contributed by atoms with Crippen molar-refractivity contribution < 1.29 is 0 Å². The maximum atomic E-state index is 2.70. The van der Waals surface area contributed by atoms with Crippen molar-refractivity contribution in [3.8, 4) is 0 Å². The van der Waals surface area contributed by atoms with E-state index in [0.717, 1.165) is 0 Å². The molecule has 0 radical (unpaired) electrons. The van der Waals surface area contributed by atoms with Crippen molar-refractivity contribution in [1.29, 1.82) is 0 Å². The summed E-state index contributed by atoms with van der Waals surface area (Å²) in [5.41, 5.74) is 0. The zero-order chi connectivity index (χ0) is 34.4. The van der Waals surface area contributed by atoms with Crippen LogP contribution in [0.15, 0.2) is 48.5 Å². The molecule has 0 bridgehead atoms. The Bertz CT molecular complexity index is 912. The Labute approximate surface area is 298 Å². The SMILES string of the molecule is CCCC[Si](CCCC)(CCCC)c1ccc([Si](CCCC)(CCCC)c2ccc([Si](CCCC)(CCCC)CCCC)cc2)cc1. The Morgan fingerprint density at radius 1 is 0.277 bits per heavy atom. The van der Waals surface area contributed by atoms with Crippen LogP contribution in [-0.2, 0) is 0 Å². The molecule has 268 valence electrons. The van der Waals surface area contributed by atoms with Crippen LogP contribution in [0, 0.1) is 0 Å². The highest BCUT2D eigenvalue weighted by molar-refractivity contribution is 7.02. The Morgan fingerprint density at radius 3 is 0.681 bits per heavy atom. The van der Waals surface area contributed by atoms with Crippen LogP contribution in [0.2, 0.25) is 48.4 Å². The fourth-order valence-corrected chi connectivity index (χ4v) is 25.2. The molecule has 0 aliphatic heterocycles. The smallest absolute Gasteiger partial charge is 0.0654 e. The monoisotopic (exact) mass is 693 g/mol. The predicted octanol–water partition coefficient (Wildman–Crippen LogP) is 13.0. The molecule has 0 N–H and O–H groups in total. The Kier molecular flexibility index (Phi) is 21.1. The van der Waals surface area contributed by atoms with Crippen molar-refractivity contribution >= 4 is 45.0 Å². The van der Waals surface area contributed by atoms with Crippen molar-refractivity contribution in [2.45, 2.75) is 206 Å². The molecule has 0 amide bonds. The summed E-state index contributed by atoms with van der Waals surface area (Å²) < 4.78 is 0. The predicted molar refractivity (Wildman–Crippen MR) is 226 cm³/mol. The average molecular weight is 693 g/mol. The van der Waals surface area contributed by atoms with E-state index in [4.69, 9.17) is 0 Å². The summed E-state index contributed by atoms with van der Waals surface area (Å²) in [6, 6.07) is 33.4. The molecule has 0 atom stereocenters. The van der Waals surface area contributed by atoms with Crippen LogP contribution in [-0.4, -0.2) is 24.2 Å². The molecular weight excluding hydrogens is 613 g/mol. The molecule has 47 heavy (non-hydrogen) atoms. The van der Waals surface area contributed by atoms with E-state index in [0.29, 0.717) is 0 Å². The molecule has 0 spiro atoms. The summed E-state index contributed by atoms with van der Waals surface area (Å²) in [6.45, 7) is 19.2. The highest BCUT2D eigenvalue weighted by atomic mass is 28.3. The molecule has 0 heterocycles. The number of hydrogen-bond donors (Lipinski definition) is 0. The lowest BCUT2D eigenvalue weighted by Crippen LogP contribution is -2.59. The first-order valence-corrected chi connectivity index (χ1v) is 28.8. The van der Waals surface area contributed by atoms with E-state index in [1.165, 1.54) is 151 Å². The van der Waals surface area contributed by atoms with Crippen LogP contribution in [0.1, 0.15) is 158 Å². The minimum Gasteiger partial charge on any atom is -0.0654 e. The van der Waals surface area contributed by atoms with Gasteiger partial charge in [0.1, 0.15) is 8.07 Å². The van der Waals surface area contributed by atoms with E-state index in [9.17, 15) is 0 Å². The van der Waals surface area contributed by atoms with Gasteiger partial charge in [-0.15, -0.1) is 0 Å². The van der Waals surface area contributed by atoms with Gasteiger partial charge in [-0.1, -0.05) is 264 Å². The minimum atomic E-state index is -1.88. The number of benzene rings is 2. The highest BCUT2D eigenvalue weighted by Crippen LogP contribution is 2.31. The average Bonchev–Trinajstić information content (AvgIpc) is 3.12. The largest absolute Gasteiger partial charge is 0.118 e. The lowest BCUT2D eigenvalue weighted by molar-refractivity contribution is 0.800. The molecule has 0 saturated carbocycles. The molecule has 2 rings (SSSR count). The summed E-state index contributed by atoms with van der Waals surface area (Å²) in [5, 5.41) is 7.07. The first kappa shape index (κ1) is 42.3. The van der Waals surface area contributed by atoms with Gasteiger partial charge in [0.25, 0.3) is 0 Å². The third-order valence-corrected chi connectivity index (χ3v) is 28.3. The highest BCUT2D eigenvalue weighted by Gasteiger charge is 2.39. The van der Waals surface area contributed by atoms with Gasteiger partial charge in [0.2, 0.25) is 0 Å². The van der Waals surface area contributed by atoms with E-state index in [-0.39, 0.29) is 0 Å². The fraction of sp³-hybridized carbons (Fsp3) is 0.727. The maximum Gasteiger partial charge on any atom is 0.118 e. The van der Waals surface area contributed by atoms with Gasteiger partial charge in [-0.05, 0) is 12.1 Å². The number of rotatable bonds is 28. The van der Waals surface area contributed by atoms with Gasteiger partial charge in [-0.3, -0.25) is 0 Å². The molecule has 2 aromatic carbocycles. The van der Waals surface area contributed by atoms with Gasteiger partial charge in [-0.2, -0.15) is 0 Å². The van der Waals surface area contributed by atoms with Crippen molar-refractivity contribution in [1.82, 2.24) is 0 Å². The van der Waals surface area contributed by atoms with E-state index >= 15 is 0 Å². The Hall–Kier alpha value is -0.909. The van der Waals surface area contributed by atoms with Crippen molar-refractivity contribution in [3.05, 3.63) is 48.5 Å². The quantitative estimate of drug-likeness (QED) is 0.0779. The maximum absolute atomic E-state index is 2.70. The topological polar surface area (TPSA) is 0 Å². The van der Waals surface area contributed by atoms with E-state index in [1.807, 2.05) is 0 Å². The summed E-state index contributed by atoms with van der Waals surface area (Å²) in [4.78, 5) is 0. The van der Waals surface area contributed by atoms with Crippen molar-refractivity contribution in [3.63, 3.8) is 0 Å². The molecule has 2 aromatic rings. The molecule has 0 fully saturated rings. The zero-order valence-corrected chi connectivity index (χ0v) is 36.1. The Morgan fingerprint density at radius 2 is 0.468 bits per heavy atom. The van der Waals surface area contributed by atoms with E-state index in [2.05, 4.69) is 104 Å². The molecule has 0 aromatic heterocycles. The molecule has 0 aliphatic carbocycles. The van der Waals surface area contributed by atoms with Gasteiger partial charge in [-0.25, -0.2) is 0 Å². The van der Waals surface area contributed by atoms with E-state index < -0.39 is 24.2 Å². The molecular formula is C44H80Si3. The first-order valence-electron chi connectivity index (χ1n) is 21.1. The van der Waals surface area contributed by atoms with Crippen LogP contribution < -0.4 is 20.7 Å². The van der Waals surface area contributed by atoms with Crippen LogP contribution in [0.5, 0.6) is 0 Å². The van der Waals surface area contributed by atoms with Gasteiger partial charge < -0.3 is 0 Å². The van der Waals surface area contributed by atoms with Crippen LogP contribution in [0.3, 0.4) is 0 Å². The summed E-state index contributed by atoms with van der Waals surface area (Å²) in [6.07, 6.45) is 21.9. The second kappa shape index (κ2) is 23.5. The van der Waals surface area contributed by atoms with Crippen LogP contribution in [0.25, 0.3) is 0 Å². The van der Waals surface area contributed by atoms with Crippen LogP contribution >= 0.6 is 0 Å².